The average molecular weight is 344 g/mol. The number of carbonyl (C=O) groups excluding carboxylic acids is 1. The van der Waals surface area contributed by atoms with Crippen LogP contribution in [0.5, 0.6) is 0 Å². The van der Waals surface area contributed by atoms with Crippen molar-refractivity contribution in [3.63, 3.8) is 0 Å². The minimum atomic E-state index is -0.849. The van der Waals surface area contributed by atoms with Crippen molar-refractivity contribution in [2.45, 2.75) is 31.1 Å². The van der Waals surface area contributed by atoms with Gasteiger partial charge in [0, 0.05) is 17.1 Å². The van der Waals surface area contributed by atoms with Gasteiger partial charge in [0.15, 0.2) is 0 Å². The summed E-state index contributed by atoms with van der Waals surface area (Å²) >= 11 is 5.98. The van der Waals surface area contributed by atoms with Crippen molar-refractivity contribution >= 4 is 29.2 Å². The fraction of sp³-hybridized carbons (Fsp3) is 0.263. The van der Waals surface area contributed by atoms with Gasteiger partial charge < -0.3 is 10.4 Å². The van der Waals surface area contributed by atoms with Gasteiger partial charge in [-0.3, -0.25) is 9.59 Å². The molecule has 0 aliphatic carbocycles. The lowest BCUT2D eigenvalue weighted by Crippen LogP contribution is -2.45. The summed E-state index contributed by atoms with van der Waals surface area (Å²) in [4.78, 5) is 23.8. The van der Waals surface area contributed by atoms with E-state index in [1.807, 2.05) is 36.4 Å². The van der Waals surface area contributed by atoms with Crippen LogP contribution in [-0.2, 0) is 21.4 Å². The maximum absolute atomic E-state index is 12.9. The first-order valence-electron chi connectivity index (χ1n) is 7.88. The van der Waals surface area contributed by atoms with Crippen LogP contribution in [0.2, 0.25) is 5.02 Å². The van der Waals surface area contributed by atoms with Gasteiger partial charge in [0.2, 0.25) is 5.91 Å². The Kier molecular flexibility index (Phi) is 4.58. The number of hydrogen-bond acceptors (Lipinski definition) is 2. The molecule has 24 heavy (non-hydrogen) atoms. The van der Waals surface area contributed by atoms with Crippen LogP contribution in [0.1, 0.15) is 30.4 Å². The lowest BCUT2D eigenvalue weighted by molar-refractivity contribution is -0.137. The van der Waals surface area contributed by atoms with Gasteiger partial charge in [-0.2, -0.15) is 0 Å². The zero-order valence-electron chi connectivity index (χ0n) is 13.1. The van der Waals surface area contributed by atoms with Crippen molar-refractivity contribution < 1.29 is 14.7 Å². The van der Waals surface area contributed by atoms with Crippen LogP contribution < -0.4 is 5.32 Å². The number of aliphatic carboxylic acids is 1. The van der Waals surface area contributed by atoms with Crippen molar-refractivity contribution in [1.29, 1.82) is 0 Å². The van der Waals surface area contributed by atoms with Crippen LogP contribution in [0.25, 0.3) is 0 Å². The molecule has 1 amide bonds. The Hall–Kier alpha value is -2.33. The number of carboxylic acid groups (broad SMARTS) is 1. The third kappa shape index (κ3) is 3.15. The third-order valence-electron chi connectivity index (χ3n) is 4.58. The molecule has 3 rings (SSSR count). The summed E-state index contributed by atoms with van der Waals surface area (Å²) in [5.41, 5.74) is 1.98. The number of hydrogen-bond donors (Lipinski definition) is 2. The number of halogens is 1. The molecule has 5 heteroatoms. The fourth-order valence-electron chi connectivity index (χ4n) is 3.33. The maximum Gasteiger partial charge on any atom is 0.303 e. The maximum atomic E-state index is 12.9. The van der Waals surface area contributed by atoms with E-state index in [9.17, 15) is 9.59 Å². The van der Waals surface area contributed by atoms with E-state index in [0.29, 0.717) is 24.3 Å². The molecular formula is C19H18ClNO3. The van der Waals surface area contributed by atoms with Gasteiger partial charge in [-0.05, 0) is 48.6 Å². The molecule has 1 heterocycles. The quantitative estimate of drug-likeness (QED) is 0.861. The van der Waals surface area contributed by atoms with E-state index in [1.54, 1.807) is 12.1 Å². The highest BCUT2D eigenvalue weighted by Gasteiger charge is 2.43. The van der Waals surface area contributed by atoms with Gasteiger partial charge in [0.05, 0.1) is 5.41 Å². The Morgan fingerprint density at radius 2 is 1.88 bits per heavy atom. The predicted octanol–water partition coefficient (Wildman–Crippen LogP) is 4.03. The van der Waals surface area contributed by atoms with Crippen molar-refractivity contribution in [3.05, 3.63) is 64.7 Å². The van der Waals surface area contributed by atoms with Crippen LogP contribution in [0.3, 0.4) is 0 Å². The van der Waals surface area contributed by atoms with E-state index in [0.717, 1.165) is 16.8 Å². The van der Waals surface area contributed by atoms with Crippen LogP contribution in [0.15, 0.2) is 48.5 Å². The Bertz CT molecular complexity index is 772. The second-order valence-electron chi connectivity index (χ2n) is 6.12. The lowest BCUT2D eigenvalue weighted by atomic mass is 9.69. The Balaban J connectivity index is 2.00. The molecule has 2 N–H and O–H groups in total. The number of para-hydroxylation sites is 1. The number of amides is 1. The molecule has 1 unspecified atom stereocenters. The highest BCUT2D eigenvalue weighted by Crippen LogP contribution is 2.40. The highest BCUT2D eigenvalue weighted by atomic mass is 35.5. The SMILES string of the molecule is O=C(O)CCCC1(c2ccc(Cl)cc2)Cc2ccccc2NC1=O. The second-order valence-corrected chi connectivity index (χ2v) is 6.56. The van der Waals surface area contributed by atoms with Crippen LogP contribution in [0.4, 0.5) is 5.69 Å². The number of anilines is 1. The first-order valence-corrected chi connectivity index (χ1v) is 8.26. The van der Waals surface area contributed by atoms with Crippen molar-refractivity contribution in [3.8, 4) is 0 Å². The number of rotatable bonds is 5. The number of carbonyl (C=O) groups is 2. The molecule has 0 spiro atoms. The molecule has 0 aromatic heterocycles. The second kappa shape index (κ2) is 6.65. The minimum Gasteiger partial charge on any atom is -0.481 e. The number of fused-ring (bicyclic) bond motifs is 1. The third-order valence-corrected chi connectivity index (χ3v) is 4.84. The largest absolute Gasteiger partial charge is 0.481 e. The van der Waals surface area contributed by atoms with E-state index >= 15 is 0 Å². The summed E-state index contributed by atoms with van der Waals surface area (Å²) in [7, 11) is 0. The van der Waals surface area contributed by atoms with Gasteiger partial charge in [-0.1, -0.05) is 41.9 Å². The number of benzene rings is 2. The molecule has 0 bridgehead atoms. The summed E-state index contributed by atoms with van der Waals surface area (Å²) < 4.78 is 0. The van der Waals surface area contributed by atoms with E-state index in [4.69, 9.17) is 16.7 Å². The number of carboxylic acids is 1. The molecule has 124 valence electrons. The molecule has 0 saturated carbocycles. The van der Waals surface area contributed by atoms with Gasteiger partial charge in [0.1, 0.15) is 0 Å². The zero-order valence-corrected chi connectivity index (χ0v) is 13.8. The first kappa shape index (κ1) is 16.5. The van der Waals surface area contributed by atoms with Gasteiger partial charge >= 0.3 is 5.97 Å². The van der Waals surface area contributed by atoms with E-state index in [1.165, 1.54) is 0 Å². The summed E-state index contributed by atoms with van der Waals surface area (Å²) in [5, 5.41) is 12.5. The normalized spacial score (nSPS) is 19.5. The molecular weight excluding hydrogens is 326 g/mol. The lowest BCUT2D eigenvalue weighted by Gasteiger charge is -2.37. The molecule has 2 aromatic rings. The van der Waals surface area contributed by atoms with Crippen molar-refractivity contribution in [1.82, 2.24) is 0 Å². The smallest absolute Gasteiger partial charge is 0.303 e. The minimum absolute atomic E-state index is 0.0459. The Morgan fingerprint density at radius 1 is 1.17 bits per heavy atom. The van der Waals surface area contributed by atoms with Gasteiger partial charge in [-0.25, -0.2) is 0 Å². The predicted molar refractivity (Wildman–Crippen MR) is 93.4 cm³/mol. The van der Waals surface area contributed by atoms with E-state index in [2.05, 4.69) is 5.32 Å². The van der Waals surface area contributed by atoms with Crippen LogP contribution in [0, 0.1) is 0 Å². The summed E-state index contributed by atoms with van der Waals surface area (Å²) in [5.74, 6) is -0.938. The number of nitrogens with one attached hydrogen (secondary N) is 1. The van der Waals surface area contributed by atoms with E-state index in [-0.39, 0.29) is 12.3 Å². The fourth-order valence-corrected chi connectivity index (χ4v) is 3.46. The standard InChI is InChI=1S/C19H18ClNO3/c20-15-9-7-14(8-10-15)19(11-3-6-17(22)23)12-13-4-1-2-5-16(13)21-18(19)24/h1-2,4-5,7-10H,3,6,11-12H2,(H,21,24)(H,22,23). The first-order chi connectivity index (χ1) is 11.5. The van der Waals surface area contributed by atoms with Crippen molar-refractivity contribution in [2.75, 3.05) is 5.32 Å². The van der Waals surface area contributed by atoms with Crippen molar-refractivity contribution in [2.24, 2.45) is 0 Å². The molecule has 1 atom stereocenters. The summed E-state index contributed by atoms with van der Waals surface area (Å²) in [6, 6.07) is 15.0. The highest BCUT2D eigenvalue weighted by molar-refractivity contribution is 6.30. The molecule has 4 nitrogen and oxygen atoms in total. The zero-order chi connectivity index (χ0) is 17.2. The molecule has 1 aliphatic heterocycles. The molecule has 0 fully saturated rings. The van der Waals surface area contributed by atoms with Crippen LogP contribution >= 0.6 is 11.6 Å². The molecule has 1 aliphatic rings. The monoisotopic (exact) mass is 343 g/mol. The molecule has 0 radical (unpaired) electrons. The van der Waals surface area contributed by atoms with Crippen LogP contribution in [-0.4, -0.2) is 17.0 Å². The molecule has 2 aromatic carbocycles. The Labute approximate surface area is 145 Å². The van der Waals surface area contributed by atoms with Gasteiger partial charge in [0.25, 0.3) is 0 Å². The topological polar surface area (TPSA) is 66.4 Å². The summed E-state index contributed by atoms with van der Waals surface area (Å²) in [6.07, 6.45) is 1.51. The van der Waals surface area contributed by atoms with Gasteiger partial charge in [-0.15, -0.1) is 0 Å². The average Bonchev–Trinajstić information content (AvgIpc) is 2.55. The van der Waals surface area contributed by atoms with E-state index < -0.39 is 11.4 Å². The summed E-state index contributed by atoms with van der Waals surface area (Å²) in [6.45, 7) is 0. The Morgan fingerprint density at radius 3 is 2.58 bits per heavy atom. The molecule has 0 saturated heterocycles.